The van der Waals surface area contributed by atoms with Crippen molar-refractivity contribution in [2.24, 2.45) is 0 Å². The van der Waals surface area contributed by atoms with Crippen LogP contribution < -0.4 is 5.32 Å². The normalized spacial score (nSPS) is 10.0. The van der Waals surface area contributed by atoms with Crippen molar-refractivity contribution in [1.29, 1.82) is 5.26 Å². The third-order valence-corrected chi connectivity index (χ3v) is 3.66. The number of anilines is 1. The van der Waals surface area contributed by atoms with Gasteiger partial charge in [-0.3, -0.25) is 4.79 Å². The molecule has 2 aromatic carbocycles. The molecule has 0 aliphatic carbocycles. The Morgan fingerprint density at radius 2 is 2.00 bits per heavy atom. The van der Waals surface area contributed by atoms with E-state index in [2.05, 4.69) is 15.3 Å². The van der Waals surface area contributed by atoms with Crippen LogP contribution in [0.3, 0.4) is 0 Å². The molecule has 0 aliphatic heterocycles. The molecule has 5 nitrogen and oxygen atoms in total. The van der Waals surface area contributed by atoms with E-state index in [4.69, 9.17) is 16.9 Å². The van der Waals surface area contributed by atoms with E-state index in [0.717, 1.165) is 0 Å². The molecule has 24 heavy (non-hydrogen) atoms. The number of aromatic nitrogens is 2. The highest BCUT2D eigenvalue weighted by Gasteiger charge is 2.16. The van der Waals surface area contributed by atoms with Crippen molar-refractivity contribution in [2.75, 3.05) is 5.32 Å². The number of carbonyl (C=O) groups is 1. The fourth-order valence-corrected chi connectivity index (χ4v) is 2.45. The molecule has 1 heterocycles. The molecule has 0 fully saturated rings. The van der Waals surface area contributed by atoms with Crippen LogP contribution in [0, 0.1) is 11.3 Å². The van der Waals surface area contributed by atoms with Gasteiger partial charge in [0.2, 0.25) is 0 Å². The molecule has 3 aromatic rings. The number of hydrogen-bond donors (Lipinski definition) is 1. The van der Waals surface area contributed by atoms with Gasteiger partial charge in [0.05, 0.1) is 22.9 Å². The van der Waals surface area contributed by atoms with Crippen LogP contribution in [-0.4, -0.2) is 15.9 Å². The van der Waals surface area contributed by atoms with Gasteiger partial charge in [0.1, 0.15) is 6.33 Å². The van der Waals surface area contributed by atoms with Crippen molar-refractivity contribution in [2.45, 2.75) is 0 Å². The summed E-state index contributed by atoms with van der Waals surface area (Å²) in [5.41, 5.74) is 2.38. The lowest BCUT2D eigenvalue weighted by molar-refractivity contribution is 0.102. The van der Waals surface area contributed by atoms with E-state index in [0.29, 0.717) is 33.1 Å². The van der Waals surface area contributed by atoms with Crippen LogP contribution in [0.15, 0.2) is 61.1 Å². The molecule has 1 amide bonds. The van der Waals surface area contributed by atoms with Crippen molar-refractivity contribution in [3.63, 3.8) is 0 Å². The van der Waals surface area contributed by atoms with E-state index in [1.54, 1.807) is 42.5 Å². The van der Waals surface area contributed by atoms with Crippen LogP contribution in [0.5, 0.6) is 0 Å². The number of nitriles is 1. The van der Waals surface area contributed by atoms with Gasteiger partial charge in [0.25, 0.3) is 5.91 Å². The topological polar surface area (TPSA) is 78.7 Å². The third kappa shape index (κ3) is 3.24. The zero-order chi connectivity index (χ0) is 16.9. The van der Waals surface area contributed by atoms with E-state index in [1.165, 1.54) is 12.5 Å². The lowest BCUT2D eigenvalue weighted by Gasteiger charge is -2.10. The van der Waals surface area contributed by atoms with E-state index >= 15 is 0 Å². The quantitative estimate of drug-likeness (QED) is 0.787. The lowest BCUT2D eigenvalue weighted by atomic mass is 10.1. The van der Waals surface area contributed by atoms with E-state index in [-0.39, 0.29) is 5.91 Å². The highest BCUT2D eigenvalue weighted by Crippen LogP contribution is 2.28. The SMILES string of the molecule is N#Cc1cccc(NC(=O)c2cncnc2-c2ccccc2Cl)c1. The summed E-state index contributed by atoms with van der Waals surface area (Å²) in [5.74, 6) is -0.374. The highest BCUT2D eigenvalue weighted by molar-refractivity contribution is 6.33. The third-order valence-electron chi connectivity index (χ3n) is 3.34. The molecule has 0 saturated heterocycles. The minimum absolute atomic E-state index is 0.299. The predicted octanol–water partition coefficient (Wildman–Crippen LogP) is 3.92. The minimum atomic E-state index is -0.374. The van der Waals surface area contributed by atoms with Crippen molar-refractivity contribution >= 4 is 23.2 Å². The Kier molecular flexibility index (Phi) is 4.50. The Hall–Kier alpha value is -3.23. The molecule has 1 aromatic heterocycles. The maximum Gasteiger partial charge on any atom is 0.259 e. The van der Waals surface area contributed by atoms with Crippen molar-refractivity contribution < 1.29 is 4.79 Å². The van der Waals surface area contributed by atoms with Gasteiger partial charge in [-0.15, -0.1) is 0 Å². The number of nitrogens with zero attached hydrogens (tertiary/aromatic N) is 3. The summed E-state index contributed by atoms with van der Waals surface area (Å²) < 4.78 is 0. The second-order valence-electron chi connectivity index (χ2n) is 4.91. The number of nitrogens with one attached hydrogen (secondary N) is 1. The molecule has 0 unspecified atom stereocenters. The maximum absolute atomic E-state index is 12.6. The Bertz CT molecular complexity index is 949. The number of amides is 1. The number of carbonyl (C=O) groups excluding carboxylic acids is 1. The summed E-state index contributed by atoms with van der Waals surface area (Å²) in [4.78, 5) is 20.7. The van der Waals surface area contributed by atoms with Gasteiger partial charge in [-0.05, 0) is 24.3 Å². The molecule has 116 valence electrons. The Labute approximate surface area is 143 Å². The van der Waals surface area contributed by atoms with E-state index in [9.17, 15) is 4.79 Å². The standard InChI is InChI=1S/C18H11ClN4O/c19-16-7-2-1-6-14(16)17-15(10-21-11-22-17)18(24)23-13-5-3-4-12(8-13)9-20/h1-8,10-11H,(H,23,24). The van der Waals surface area contributed by atoms with Gasteiger partial charge in [-0.2, -0.15) is 5.26 Å². The van der Waals surface area contributed by atoms with Crippen molar-refractivity contribution in [1.82, 2.24) is 9.97 Å². The molecule has 0 saturated carbocycles. The van der Waals surface area contributed by atoms with Gasteiger partial charge < -0.3 is 5.32 Å². The van der Waals surface area contributed by atoms with E-state index in [1.807, 2.05) is 12.1 Å². The fourth-order valence-electron chi connectivity index (χ4n) is 2.23. The summed E-state index contributed by atoms with van der Waals surface area (Å²) in [7, 11) is 0. The molecule has 1 N–H and O–H groups in total. The summed E-state index contributed by atoms with van der Waals surface area (Å²) in [6.45, 7) is 0. The highest BCUT2D eigenvalue weighted by atomic mass is 35.5. The number of rotatable bonds is 3. The van der Waals surface area contributed by atoms with Crippen molar-refractivity contribution in [3.05, 3.63) is 77.2 Å². The second kappa shape index (κ2) is 6.90. The molecule has 6 heteroatoms. The lowest BCUT2D eigenvalue weighted by Crippen LogP contribution is -2.14. The molecule has 0 aliphatic rings. The first-order valence-electron chi connectivity index (χ1n) is 7.05. The molecular formula is C18H11ClN4O. The van der Waals surface area contributed by atoms with Gasteiger partial charge in [-0.1, -0.05) is 35.9 Å². The largest absolute Gasteiger partial charge is 0.322 e. The van der Waals surface area contributed by atoms with Crippen LogP contribution in [0.4, 0.5) is 5.69 Å². The first kappa shape index (κ1) is 15.7. The molecule has 3 rings (SSSR count). The Morgan fingerprint density at radius 1 is 1.17 bits per heavy atom. The summed E-state index contributed by atoms with van der Waals surface area (Å²) in [5, 5.41) is 12.2. The summed E-state index contributed by atoms with van der Waals surface area (Å²) >= 11 is 6.21. The average Bonchev–Trinajstić information content (AvgIpc) is 2.62. The Morgan fingerprint density at radius 3 is 2.79 bits per heavy atom. The molecule has 0 bridgehead atoms. The second-order valence-corrected chi connectivity index (χ2v) is 5.32. The number of halogens is 1. The molecular weight excluding hydrogens is 324 g/mol. The van der Waals surface area contributed by atoms with Crippen LogP contribution in [0.25, 0.3) is 11.3 Å². The monoisotopic (exact) mass is 334 g/mol. The molecule has 0 atom stereocenters. The van der Waals surface area contributed by atoms with Crippen molar-refractivity contribution in [3.8, 4) is 17.3 Å². The Balaban J connectivity index is 1.97. The summed E-state index contributed by atoms with van der Waals surface area (Å²) in [6, 6.07) is 15.8. The smallest absolute Gasteiger partial charge is 0.259 e. The van der Waals surface area contributed by atoms with Crippen LogP contribution in [0.1, 0.15) is 15.9 Å². The van der Waals surface area contributed by atoms with Crippen LogP contribution in [0.2, 0.25) is 5.02 Å². The first-order valence-corrected chi connectivity index (χ1v) is 7.43. The zero-order valence-corrected chi connectivity index (χ0v) is 13.2. The minimum Gasteiger partial charge on any atom is -0.322 e. The molecule has 0 radical (unpaired) electrons. The van der Waals surface area contributed by atoms with Gasteiger partial charge in [0, 0.05) is 22.5 Å². The fraction of sp³-hybridized carbons (Fsp3) is 0. The van der Waals surface area contributed by atoms with Crippen LogP contribution >= 0.6 is 11.6 Å². The average molecular weight is 335 g/mol. The van der Waals surface area contributed by atoms with E-state index < -0.39 is 0 Å². The van der Waals surface area contributed by atoms with Crippen LogP contribution in [-0.2, 0) is 0 Å². The zero-order valence-electron chi connectivity index (χ0n) is 12.4. The number of benzene rings is 2. The number of hydrogen-bond acceptors (Lipinski definition) is 4. The summed E-state index contributed by atoms with van der Waals surface area (Å²) in [6.07, 6.45) is 2.81. The predicted molar refractivity (Wildman–Crippen MR) is 91.6 cm³/mol. The maximum atomic E-state index is 12.6. The van der Waals surface area contributed by atoms with Gasteiger partial charge >= 0.3 is 0 Å². The van der Waals surface area contributed by atoms with Gasteiger partial charge in [-0.25, -0.2) is 9.97 Å². The first-order chi connectivity index (χ1) is 11.7. The van der Waals surface area contributed by atoms with Gasteiger partial charge in [0.15, 0.2) is 0 Å². The molecule has 0 spiro atoms.